The highest BCUT2D eigenvalue weighted by Gasteiger charge is 2.26. The minimum absolute atomic E-state index is 0.0246. The predicted molar refractivity (Wildman–Crippen MR) is 81.1 cm³/mol. The van der Waals surface area contributed by atoms with Crippen molar-refractivity contribution in [2.75, 3.05) is 5.75 Å². The van der Waals surface area contributed by atoms with E-state index in [-0.39, 0.29) is 23.0 Å². The van der Waals surface area contributed by atoms with E-state index in [4.69, 9.17) is 5.11 Å². The molecule has 6 heteroatoms. The fraction of sp³-hybridized carbons (Fsp3) is 0.929. The second kappa shape index (κ2) is 6.89. The molecule has 0 aliphatic heterocycles. The van der Waals surface area contributed by atoms with Crippen LogP contribution in [0.4, 0.5) is 0 Å². The summed E-state index contributed by atoms with van der Waals surface area (Å²) in [5.41, 5.74) is -0.201. The third kappa shape index (κ3) is 11.2. The van der Waals surface area contributed by atoms with Crippen LogP contribution in [-0.2, 0) is 14.8 Å². The molecule has 2 N–H and O–H groups in total. The number of rotatable bonds is 7. The molecule has 0 fully saturated rings. The van der Waals surface area contributed by atoms with Crippen LogP contribution in [0.1, 0.15) is 60.8 Å². The van der Waals surface area contributed by atoms with E-state index in [9.17, 15) is 13.2 Å². The van der Waals surface area contributed by atoms with E-state index in [2.05, 4.69) is 4.72 Å². The first-order valence-corrected chi connectivity index (χ1v) is 8.57. The fourth-order valence-corrected chi connectivity index (χ4v) is 3.53. The first-order valence-electron chi connectivity index (χ1n) is 6.92. The van der Waals surface area contributed by atoms with Gasteiger partial charge in [0.05, 0.1) is 12.2 Å². The molecule has 0 aliphatic carbocycles. The summed E-state index contributed by atoms with van der Waals surface area (Å²) in [4.78, 5) is 10.9. The third-order valence-corrected chi connectivity index (χ3v) is 4.18. The van der Waals surface area contributed by atoms with Crippen molar-refractivity contribution in [3.05, 3.63) is 0 Å². The van der Waals surface area contributed by atoms with Gasteiger partial charge in [0.1, 0.15) is 0 Å². The molecule has 0 aromatic heterocycles. The summed E-state index contributed by atoms with van der Waals surface area (Å²) < 4.78 is 26.6. The summed E-state index contributed by atoms with van der Waals surface area (Å²) in [5, 5.41) is 8.90. The number of carbonyl (C=O) groups is 1. The van der Waals surface area contributed by atoms with E-state index in [1.807, 2.05) is 41.5 Å². The Morgan fingerprint density at radius 3 is 1.95 bits per heavy atom. The zero-order valence-electron chi connectivity index (χ0n) is 13.5. The van der Waals surface area contributed by atoms with Gasteiger partial charge in [0.2, 0.25) is 10.0 Å². The molecule has 1 atom stereocenters. The zero-order valence-corrected chi connectivity index (χ0v) is 14.3. The Morgan fingerprint density at radius 1 is 1.10 bits per heavy atom. The standard InChI is InChI=1S/C14H29NO4S/c1-13(2,3)7-8-20(18,19)15-11(9-12(16)17)10-14(4,5)6/h11,15H,7-10H2,1-6H3,(H,16,17). The highest BCUT2D eigenvalue weighted by atomic mass is 32.2. The first-order chi connectivity index (χ1) is 8.70. The lowest BCUT2D eigenvalue weighted by molar-refractivity contribution is -0.137. The lowest BCUT2D eigenvalue weighted by Crippen LogP contribution is -2.40. The van der Waals surface area contributed by atoms with Gasteiger partial charge >= 0.3 is 5.97 Å². The Balaban J connectivity index is 4.74. The minimum atomic E-state index is -3.45. The average molecular weight is 307 g/mol. The van der Waals surface area contributed by atoms with Gasteiger partial charge in [-0.25, -0.2) is 13.1 Å². The summed E-state index contributed by atoms with van der Waals surface area (Å²) in [6.45, 7) is 11.8. The van der Waals surface area contributed by atoms with Crippen molar-refractivity contribution >= 4 is 16.0 Å². The van der Waals surface area contributed by atoms with Crippen LogP contribution in [0.5, 0.6) is 0 Å². The zero-order chi connectivity index (χ0) is 16.2. The monoisotopic (exact) mass is 307 g/mol. The molecule has 1 unspecified atom stereocenters. The lowest BCUT2D eigenvalue weighted by atomic mass is 9.87. The van der Waals surface area contributed by atoms with Crippen molar-refractivity contribution in [3.8, 4) is 0 Å². The molecule has 0 bridgehead atoms. The predicted octanol–water partition coefficient (Wildman–Crippen LogP) is 2.62. The topological polar surface area (TPSA) is 83.5 Å². The van der Waals surface area contributed by atoms with E-state index >= 15 is 0 Å². The summed E-state index contributed by atoms with van der Waals surface area (Å²) in [5.74, 6) is -0.964. The van der Waals surface area contributed by atoms with Gasteiger partial charge in [0.15, 0.2) is 0 Å². The fourth-order valence-electron chi connectivity index (χ4n) is 1.86. The van der Waals surface area contributed by atoms with Crippen LogP contribution in [0.15, 0.2) is 0 Å². The first kappa shape index (κ1) is 19.4. The van der Waals surface area contributed by atoms with Crippen molar-refractivity contribution in [2.24, 2.45) is 10.8 Å². The van der Waals surface area contributed by atoms with Crippen molar-refractivity contribution in [1.29, 1.82) is 0 Å². The number of sulfonamides is 1. The van der Waals surface area contributed by atoms with Crippen molar-refractivity contribution in [2.45, 2.75) is 66.8 Å². The van der Waals surface area contributed by atoms with Gasteiger partial charge in [0, 0.05) is 6.04 Å². The van der Waals surface area contributed by atoms with Gasteiger partial charge in [-0.3, -0.25) is 4.79 Å². The molecule has 0 amide bonds. The van der Waals surface area contributed by atoms with Gasteiger partial charge < -0.3 is 5.11 Å². The SMILES string of the molecule is CC(C)(C)CCS(=O)(=O)NC(CC(=O)O)CC(C)(C)C. The van der Waals surface area contributed by atoms with Crippen molar-refractivity contribution in [3.63, 3.8) is 0 Å². The van der Waals surface area contributed by atoms with Gasteiger partial charge in [-0.15, -0.1) is 0 Å². The van der Waals surface area contributed by atoms with E-state index < -0.39 is 22.0 Å². The van der Waals surface area contributed by atoms with Crippen LogP contribution in [0.25, 0.3) is 0 Å². The van der Waals surface area contributed by atoms with Gasteiger partial charge in [-0.1, -0.05) is 41.5 Å². The third-order valence-electron chi connectivity index (χ3n) is 2.75. The van der Waals surface area contributed by atoms with Crippen molar-refractivity contribution in [1.82, 2.24) is 4.72 Å². The number of nitrogens with one attached hydrogen (secondary N) is 1. The molecule has 0 rings (SSSR count). The molecule has 0 saturated carbocycles. The van der Waals surface area contributed by atoms with Crippen LogP contribution in [0.2, 0.25) is 0 Å². The summed E-state index contributed by atoms with van der Waals surface area (Å²) in [6, 6.07) is -0.558. The van der Waals surface area contributed by atoms with Gasteiger partial charge in [-0.05, 0) is 23.7 Å². The second-order valence-corrected chi connectivity index (χ2v) is 9.68. The van der Waals surface area contributed by atoms with Crippen molar-refractivity contribution < 1.29 is 18.3 Å². The summed E-state index contributed by atoms with van der Waals surface area (Å²) in [6.07, 6.45) is 0.845. The number of carboxylic acids is 1. The van der Waals surface area contributed by atoms with E-state index in [0.717, 1.165) is 0 Å². The Hall–Kier alpha value is -0.620. The highest BCUT2D eigenvalue weighted by Crippen LogP contribution is 2.23. The van der Waals surface area contributed by atoms with Gasteiger partial charge in [-0.2, -0.15) is 0 Å². The summed E-state index contributed by atoms with van der Waals surface area (Å²) in [7, 11) is -3.45. The lowest BCUT2D eigenvalue weighted by Gasteiger charge is -2.26. The molecule has 0 spiro atoms. The Morgan fingerprint density at radius 2 is 1.60 bits per heavy atom. The van der Waals surface area contributed by atoms with E-state index in [1.165, 1.54) is 0 Å². The maximum atomic E-state index is 12.1. The highest BCUT2D eigenvalue weighted by molar-refractivity contribution is 7.89. The normalized spacial score (nSPS) is 15.1. The van der Waals surface area contributed by atoms with E-state index in [0.29, 0.717) is 12.8 Å². The quantitative estimate of drug-likeness (QED) is 0.757. The van der Waals surface area contributed by atoms with Gasteiger partial charge in [0.25, 0.3) is 0 Å². The number of hydrogen-bond donors (Lipinski definition) is 2. The van der Waals surface area contributed by atoms with Crippen LogP contribution < -0.4 is 4.72 Å². The number of carboxylic acid groups (broad SMARTS) is 1. The molecule has 0 aliphatic rings. The van der Waals surface area contributed by atoms with Crippen LogP contribution in [0, 0.1) is 10.8 Å². The molecule has 0 radical (unpaired) electrons. The smallest absolute Gasteiger partial charge is 0.304 e. The molecule has 0 aromatic rings. The Labute approximate surface area is 123 Å². The maximum absolute atomic E-state index is 12.1. The largest absolute Gasteiger partial charge is 0.481 e. The minimum Gasteiger partial charge on any atom is -0.481 e. The maximum Gasteiger partial charge on any atom is 0.304 e. The number of aliphatic carboxylic acids is 1. The molecule has 20 heavy (non-hydrogen) atoms. The molecule has 5 nitrogen and oxygen atoms in total. The molecule has 120 valence electrons. The average Bonchev–Trinajstić information content (AvgIpc) is 2.08. The molecular formula is C14H29NO4S. The molecule has 0 aromatic carbocycles. The Bertz CT molecular complexity index is 415. The molecule has 0 saturated heterocycles. The van der Waals surface area contributed by atoms with Crippen LogP contribution in [-0.4, -0.2) is 31.3 Å². The second-order valence-electron chi connectivity index (χ2n) is 7.81. The molecular weight excluding hydrogens is 278 g/mol. The molecule has 0 heterocycles. The summed E-state index contributed by atoms with van der Waals surface area (Å²) >= 11 is 0. The van der Waals surface area contributed by atoms with Crippen LogP contribution in [0.3, 0.4) is 0 Å². The van der Waals surface area contributed by atoms with E-state index in [1.54, 1.807) is 0 Å². The Kier molecular flexibility index (Phi) is 6.68. The number of hydrogen-bond acceptors (Lipinski definition) is 3. The van der Waals surface area contributed by atoms with Crippen LogP contribution >= 0.6 is 0 Å².